The number of fused-ring (bicyclic) bond motifs is 1. The fourth-order valence-electron chi connectivity index (χ4n) is 2.73. The van der Waals surface area contributed by atoms with Gasteiger partial charge in [-0.25, -0.2) is 9.67 Å². The Bertz CT molecular complexity index is 993. The van der Waals surface area contributed by atoms with Gasteiger partial charge in [0.15, 0.2) is 0 Å². The Balaban J connectivity index is 1.69. The van der Waals surface area contributed by atoms with Gasteiger partial charge in [0.25, 0.3) is 0 Å². The van der Waals surface area contributed by atoms with Gasteiger partial charge in [0.05, 0.1) is 16.2 Å². The molecule has 0 atom stereocenters. The summed E-state index contributed by atoms with van der Waals surface area (Å²) >= 11 is 12.9. The number of hydrogen-bond acceptors (Lipinski definition) is 2. The Kier molecular flexibility index (Phi) is 3.97. The number of aromatic nitrogens is 3. The summed E-state index contributed by atoms with van der Waals surface area (Å²) in [5, 5.41) is 6.27. The summed E-state index contributed by atoms with van der Waals surface area (Å²) in [6.07, 6.45) is 4.30. The van der Waals surface area contributed by atoms with E-state index in [0.717, 1.165) is 27.7 Å². The maximum absolute atomic E-state index is 6.57. The molecule has 0 aliphatic heterocycles. The molecule has 118 valence electrons. The van der Waals surface area contributed by atoms with Crippen molar-refractivity contribution in [3.63, 3.8) is 0 Å². The maximum atomic E-state index is 6.57. The van der Waals surface area contributed by atoms with Crippen LogP contribution in [0.15, 0.2) is 67.0 Å². The second-order valence-corrected chi connectivity index (χ2v) is 6.24. The molecule has 0 aliphatic rings. The topological polar surface area (TPSA) is 30.7 Å². The van der Waals surface area contributed by atoms with Gasteiger partial charge < -0.3 is 0 Å². The molecule has 0 saturated carbocycles. The number of benzene rings is 2. The molecule has 4 aromatic rings. The van der Waals surface area contributed by atoms with Crippen molar-refractivity contribution >= 4 is 34.1 Å². The minimum atomic E-state index is 0.454. The molecular formula is C19H13Cl2N3. The zero-order valence-corrected chi connectivity index (χ0v) is 14.2. The van der Waals surface area contributed by atoms with E-state index >= 15 is 0 Å². The third-order valence-electron chi connectivity index (χ3n) is 3.96. The molecule has 0 bridgehead atoms. The van der Waals surface area contributed by atoms with Crippen molar-refractivity contribution < 1.29 is 0 Å². The van der Waals surface area contributed by atoms with E-state index in [9.17, 15) is 0 Å². The zero-order chi connectivity index (χ0) is 16.5. The van der Waals surface area contributed by atoms with Gasteiger partial charge in [0.2, 0.25) is 0 Å². The van der Waals surface area contributed by atoms with E-state index in [-0.39, 0.29) is 0 Å². The second kappa shape index (κ2) is 6.27. The average molecular weight is 354 g/mol. The van der Waals surface area contributed by atoms with Gasteiger partial charge in [-0.1, -0.05) is 53.5 Å². The minimum absolute atomic E-state index is 0.454. The molecule has 2 aromatic heterocycles. The Morgan fingerprint density at radius 1 is 0.917 bits per heavy atom. The summed E-state index contributed by atoms with van der Waals surface area (Å²) in [5.74, 6) is 0. The van der Waals surface area contributed by atoms with Crippen molar-refractivity contribution in [2.24, 2.45) is 0 Å². The third-order valence-corrected chi connectivity index (χ3v) is 4.70. The standard InChI is InChI=1S/C19H13Cl2N3/c20-18-15-4-1-2-5-17(15)23-19(21)16(18)12-13-6-8-14(9-7-13)24-11-3-10-22-24/h1-11H,12H2. The van der Waals surface area contributed by atoms with Crippen LogP contribution in [0.5, 0.6) is 0 Å². The Morgan fingerprint density at radius 3 is 2.46 bits per heavy atom. The molecule has 0 unspecified atom stereocenters. The lowest BCUT2D eigenvalue weighted by molar-refractivity contribution is 0.879. The lowest BCUT2D eigenvalue weighted by Gasteiger charge is -2.10. The van der Waals surface area contributed by atoms with Crippen molar-refractivity contribution in [2.75, 3.05) is 0 Å². The Hall–Kier alpha value is -2.36. The first-order valence-electron chi connectivity index (χ1n) is 7.54. The molecular weight excluding hydrogens is 341 g/mol. The maximum Gasteiger partial charge on any atom is 0.134 e. The van der Waals surface area contributed by atoms with E-state index in [1.165, 1.54) is 0 Å². The van der Waals surface area contributed by atoms with Crippen LogP contribution in [-0.4, -0.2) is 14.8 Å². The number of para-hydroxylation sites is 1. The van der Waals surface area contributed by atoms with Gasteiger partial charge in [0, 0.05) is 29.8 Å². The van der Waals surface area contributed by atoms with E-state index in [1.807, 2.05) is 53.3 Å². The van der Waals surface area contributed by atoms with Crippen LogP contribution in [0, 0.1) is 0 Å². The van der Waals surface area contributed by atoms with Crippen molar-refractivity contribution in [3.8, 4) is 5.69 Å². The zero-order valence-electron chi connectivity index (χ0n) is 12.7. The molecule has 0 saturated heterocycles. The fraction of sp³-hybridized carbons (Fsp3) is 0.0526. The molecule has 0 spiro atoms. The van der Waals surface area contributed by atoms with Crippen LogP contribution in [0.4, 0.5) is 0 Å². The first-order chi connectivity index (χ1) is 11.7. The molecule has 0 N–H and O–H groups in total. The van der Waals surface area contributed by atoms with Crippen LogP contribution < -0.4 is 0 Å². The monoisotopic (exact) mass is 353 g/mol. The van der Waals surface area contributed by atoms with Crippen molar-refractivity contribution in [3.05, 3.63) is 88.3 Å². The summed E-state index contributed by atoms with van der Waals surface area (Å²) < 4.78 is 1.82. The minimum Gasteiger partial charge on any atom is -0.241 e. The quantitative estimate of drug-likeness (QED) is 0.466. The summed E-state index contributed by atoms with van der Waals surface area (Å²) in [5.41, 5.74) is 3.79. The number of rotatable bonds is 3. The highest BCUT2D eigenvalue weighted by molar-refractivity contribution is 6.39. The fourth-order valence-corrected chi connectivity index (χ4v) is 3.34. The molecule has 2 aromatic carbocycles. The van der Waals surface area contributed by atoms with Crippen molar-refractivity contribution in [1.29, 1.82) is 0 Å². The molecule has 0 radical (unpaired) electrons. The van der Waals surface area contributed by atoms with Crippen LogP contribution in [0.1, 0.15) is 11.1 Å². The lowest BCUT2D eigenvalue weighted by atomic mass is 10.0. The smallest absolute Gasteiger partial charge is 0.134 e. The molecule has 4 rings (SSSR count). The van der Waals surface area contributed by atoms with Crippen LogP contribution in [0.3, 0.4) is 0 Å². The second-order valence-electron chi connectivity index (χ2n) is 5.51. The largest absolute Gasteiger partial charge is 0.241 e. The predicted octanol–water partition coefficient (Wildman–Crippen LogP) is 5.32. The Morgan fingerprint density at radius 2 is 1.71 bits per heavy atom. The van der Waals surface area contributed by atoms with E-state index < -0.39 is 0 Å². The molecule has 2 heterocycles. The van der Waals surface area contributed by atoms with Gasteiger partial charge >= 0.3 is 0 Å². The number of pyridine rings is 1. The molecule has 24 heavy (non-hydrogen) atoms. The lowest BCUT2D eigenvalue weighted by Crippen LogP contribution is -1.97. The number of nitrogens with zero attached hydrogens (tertiary/aromatic N) is 3. The van der Waals surface area contributed by atoms with Crippen LogP contribution in [-0.2, 0) is 6.42 Å². The van der Waals surface area contributed by atoms with Crippen molar-refractivity contribution in [2.45, 2.75) is 6.42 Å². The highest BCUT2D eigenvalue weighted by Crippen LogP contribution is 2.32. The number of halogens is 2. The van der Waals surface area contributed by atoms with Crippen molar-refractivity contribution in [1.82, 2.24) is 14.8 Å². The van der Waals surface area contributed by atoms with Crippen LogP contribution in [0.25, 0.3) is 16.6 Å². The molecule has 5 heteroatoms. The van der Waals surface area contributed by atoms with E-state index in [0.29, 0.717) is 16.6 Å². The van der Waals surface area contributed by atoms with E-state index in [2.05, 4.69) is 22.2 Å². The first kappa shape index (κ1) is 15.2. The highest BCUT2D eigenvalue weighted by atomic mass is 35.5. The SMILES string of the molecule is Clc1nc2ccccc2c(Cl)c1Cc1ccc(-n2cccn2)cc1. The van der Waals surface area contributed by atoms with E-state index in [1.54, 1.807) is 6.20 Å². The normalized spacial score (nSPS) is 11.1. The summed E-state index contributed by atoms with van der Waals surface area (Å²) in [4.78, 5) is 4.46. The highest BCUT2D eigenvalue weighted by Gasteiger charge is 2.12. The van der Waals surface area contributed by atoms with Crippen LogP contribution >= 0.6 is 23.2 Å². The summed E-state index contributed by atoms with van der Waals surface area (Å²) in [6, 6.07) is 17.8. The Labute approximate surface area is 149 Å². The van der Waals surface area contributed by atoms with Gasteiger partial charge in [-0.3, -0.25) is 0 Å². The van der Waals surface area contributed by atoms with Gasteiger partial charge in [0.1, 0.15) is 5.15 Å². The summed E-state index contributed by atoms with van der Waals surface area (Å²) in [7, 11) is 0. The van der Waals surface area contributed by atoms with Crippen LogP contribution in [0.2, 0.25) is 10.2 Å². The first-order valence-corrected chi connectivity index (χ1v) is 8.29. The molecule has 0 fully saturated rings. The third kappa shape index (κ3) is 2.77. The average Bonchev–Trinajstić information content (AvgIpc) is 3.14. The van der Waals surface area contributed by atoms with E-state index in [4.69, 9.17) is 23.2 Å². The molecule has 0 amide bonds. The molecule has 0 aliphatic carbocycles. The van der Waals surface area contributed by atoms with Gasteiger partial charge in [-0.05, 0) is 29.8 Å². The van der Waals surface area contributed by atoms with Gasteiger partial charge in [-0.2, -0.15) is 5.10 Å². The predicted molar refractivity (Wildman–Crippen MR) is 98.1 cm³/mol. The summed E-state index contributed by atoms with van der Waals surface area (Å²) in [6.45, 7) is 0. The van der Waals surface area contributed by atoms with Gasteiger partial charge in [-0.15, -0.1) is 0 Å². The number of hydrogen-bond donors (Lipinski definition) is 0. The molecule has 3 nitrogen and oxygen atoms in total.